The molecule has 2 heterocycles. The molecule has 30 heavy (non-hydrogen) atoms. The van der Waals surface area contributed by atoms with Crippen LogP contribution < -0.4 is 11.3 Å². The van der Waals surface area contributed by atoms with Crippen molar-refractivity contribution in [2.75, 3.05) is 25.6 Å². The molecule has 3 rings (SSSR count). The summed E-state index contributed by atoms with van der Waals surface area (Å²) in [7, 11) is -4.58. The highest BCUT2D eigenvalue weighted by Crippen LogP contribution is 2.35. The quantitative estimate of drug-likeness (QED) is 0.242. The SMILES string of the molecule is Nc1nc2c(ncn2CC(COCc2ccccc2)OCCOP(=O)(O)O)c(=O)[nH]1. The van der Waals surface area contributed by atoms with Gasteiger partial charge in [0.15, 0.2) is 11.2 Å². The van der Waals surface area contributed by atoms with Gasteiger partial charge in [0.1, 0.15) is 0 Å². The molecule has 0 fully saturated rings. The maximum absolute atomic E-state index is 11.9. The lowest BCUT2D eigenvalue weighted by Gasteiger charge is -2.19. The molecule has 0 aliphatic rings. The van der Waals surface area contributed by atoms with Gasteiger partial charge in [0.2, 0.25) is 5.95 Å². The Bertz CT molecular complexity index is 1070. The number of nitrogens with one attached hydrogen (secondary N) is 1. The first-order valence-corrected chi connectivity index (χ1v) is 10.5. The van der Waals surface area contributed by atoms with Gasteiger partial charge in [-0.15, -0.1) is 0 Å². The normalized spacial score (nSPS) is 13.0. The third kappa shape index (κ3) is 6.46. The van der Waals surface area contributed by atoms with Gasteiger partial charge in [-0.2, -0.15) is 4.98 Å². The van der Waals surface area contributed by atoms with Gasteiger partial charge < -0.3 is 29.6 Å². The average molecular weight is 439 g/mol. The van der Waals surface area contributed by atoms with Crippen molar-refractivity contribution in [2.45, 2.75) is 19.3 Å². The summed E-state index contributed by atoms with van der Waals surface area (Å²) < 4.78 is 28.2. The Kier molecular flexibility index (Phi) is 7.32. The number of aromatic nitrogens is 4. The van der Waals surface area contributed by atoms with Crippen LogP contribution >= 0.6 is 7.82 Å². The molecule has 1 unspecified atom stereocenters. The number of fused-ring (bicyclic) bond motifs is 1. The van der Waals surface area contributed by atoms with Gasteiger partial charge in [-0.25, -0.2) is 9.55 Å². The summed E-state index contributed by atoms with van der Waals surface area (Å²) in [5, 5.41) is 0. The number of hydrogen-bond acceptors (Lipinski definition) is 8. The Hall–Kier alpha value is -2.60. The van der Waals surface area contributed by atoms with E-state index >= 15 is 0 Å². The number of ether oxygens (including phenoxy) is 2. The van der Waals surface area contributed by atoms with Gasteiger partial charge in [0, 0.05) is 0 Å². The van der Waals surface area contributed by atoms with E-state index in [9.17, 15) is 9.36 Å². The Morgan fingerprint density at radius 2 is 2.00 bits per heavy atom. The number of phosphoric ester groups is 1. The van der Waals surface area contributed by atoms with Crippen molar-refractivity contribution in [3.63, 3.8) is 0 Å². The van der Waals surface area contributed by atoms with Gasteiger partial charge in [-0.3, -0.25) is 14.3 Å². The van der Waals surface area contributed by atoms with Crippen LogP contribution in [-0.4, -0.2) is 55.2 Å². The van der Waals surface area contributed by atoms with Gasteiger partial charge in [0.05, 0.1) is 45.4 Å². The molecule has 12 nitrogen and oxygen atoms in total. The summed E-state index contributed by atoms with van der Waals surface area (Å²) in [6, 6.07) is 9.55. The van der Waals surface area contributed by atoms with E-state index in [1.807, 2.05) is 30.3 Å². The lowest BCUT2D eigenvalue weighted by atomic mass is 10.2. The number of benzene rings is 1. The van der Waals surface area contributed by atoms with Crippen LogP contribution in [0.25, 0.3) is 11.2 Å². The summed E-state index contributed by atoms with van der Waals surface area (Å²) in [5.41, 5.74) is 6.57. The summed E-state index contributed by atoms with van der Waals surface area (Å²) in [4.78, 5) is 40.0. The maximum atomic E-state index is 11.9. The Morgan fingerprint density at radius 3 is 2.73 bits per heavy atom. The van der Waals surface area contributed by atoms with Crippen molar-refractivity contribution in [1.82, 2.24) is 19.5 Å². The minimum atomic E-state index is -4.58. The number of hydrogen-bond donors (Lipinski definition) is 4. The minimum absolute atomic E-state index is 0.0397. The number of imidazole rings is 1. The largest absolute Gasteiger partial charge is 0.469 e. The van der Waals surface area contributed by atoms with E-state index in [4.69, 9.17) is 25.0 Å². The second-order valence-corrected chi connectivity index (χ2v) is 7.58. The lowest BCUT2D eigenvalue weighted by molar-refractivity contribution is -0.0385. The van der Waals surface area contributed by atoms with Gasteiger partial charge in [0.25, 0.3) is 5.56 Å². The number of nitrogen functional groups attached to an aromatic ring is 1. The maximum Gasteiger partial charge on any atom is 0.469 e. The van der Waals surface area contributed by atoms with Crippen molar-refractivity contribution in [2.24, 2.45) is 0 Å². The summed E-state index contributed by atoms with van der Waals surface area (Å²) in [6.07, 6.45) is 0.903. The topological polar surface area (TPSA) is 175 Å². The highest BCUT2D eigenvalue weighted by Gasteiger charge is 2.17. The van der Waals surface area contributed by atoms with E-state index < -0.39 is 19.5 Å². The van der Waals surface area contributed by atoms with Crippen LogP contribution in [0, 0.1) is 0 Å². The average Bonchev–Trinajstić information content (AvgIpc) is 3.08. The molecule has 5 N–H and O–H groups in total. The van der Waals surface area contributed by atoms with Crippen molar-refractivity contribution < 1.29 is 28.3 Å². The number of H-pyrrole nitrogens is 1. The predicted molar refractivity (Wildman–Crippen MR) is 106 cm³/mol. The van der Waals surface area contributed by atoms with Crippen molar-refractivity contribution >= 4 is 24.9 Å². The summed E-state index contributed by atoms with van der Waals surface area (Å²) in [5.74, 6) is -0.0397. The van der Waals surface area contributed by atoms with Crippen LogP contribution in [0.1, 0.15) is 5.56 Å². The first-order chi connectivity index (χ1) is 14.3. The number of rotatable bonds is 11. The first-order valence-electron chi connectivity index (χ1n) is 8.96. The third-order valence-corrected chi connectivity index (χ3v) is 4.52. The number of aromatic amines is 1. The molecule has 0 spiro atoms. The zero-order valence-corrected chi connectivity index (χ0v) is 16.8. The highest BCUT2D eigenvalue weighted by molar-refractivity contribution is 7.46. The van der Waals surface area contributed by atoms with Crippen LogP contribution in [0.4, 0.5) is 5.95 Å². The molecular weight excluding hydrogens is 417 g/mol. The van der Waals surface area contributed by atoms with E-state index in [2.05, 4.69) is 19.5 Å². The summed E-state index contributed by atoms with van der Waals surface area (Å²) >= 11 is 0. The molecule has 1 atom stereocenters. The molecule has 162 valence electrons. The first kappa shape index (κ1) is 22.1. The minimum Gasteiger partial charge on any atom is -0.374 e. The fraction of sp³-hybridized carbons (Fsp3) is 0.353. The highest BCUT2D eigenvalue weighted by atomic mass is 31.2. The molecule has 0 amide bonds. The molecule has 0 saturated carbocycles. The molecule has 3 aromatic rings. The Morgan fingerprint density at radius 1 is 1.23 bits per heavy atom. The van der Waals surface area contributed by atoms with Crippen LogP contribution in [0.3, 0.4) is 0 Å². The van der Waals surface area contributed by atoms with Crippen LogP contribution in [0.2, 0.25) is 0 Å². The fourth-order valence-corrected chi connectivity index (χ4v) is 3.04. The monoisotopic (exact) mass is 439 g/mol. The molecule has 13 heteroatoms. The van der Waals surface area contributed by atoms with Crippen LogP contribution in [0.15, 0.2) is 41.5 Å². The number of nitrogens with two attached hydrogens (primary N) is 1. The Labute approximate surface area is 170 Å². The Balaban J connectivity index is 1.66. The molecule has 0 radical (unpaired) electrons. The van der Waals surface area contributed by atoms with Crippen LogP contribution in [-0.2, 0) is 31.7 Å². The van der Waals surface area contributed by atoms with E-state index in [-0.39, 0.29) is 37.8 Å². The second kappa shape index (κ2) is 9.94. The molecule has 1 aromatic carbocycles. The van der Waals surface area contributed by atoms with E-state index in [0.29, 0.717) is 12.3 Å². The van der Waals surface area contributed by atoms with Gasteiger partial charge in [-0.1, -0.05) is 30.3 Å². The third-order valence-electron chi connectivity index (χ3n) is 4.01. The summed E-state index contributed by atoms with van der Waals surface area (Å²) in [6.45, 7) is 0.373. The standard InChI is InChI=1S/C17H22N5O7P/c18-17-20-15-14(16(23)21-17)19-11-22(15)8-13(28-6-7-29-30(24,25)26)10-27-9-12-4-2-1-3-5-12/h1-5,11,13H,6-10H2,(H2,24,25,26)(H3,18,20,21,23). The smallest absolute Gasteiger partial charge is 0.374 e. The molecule has 2 aromatic heterocycles. The molecular formula is C17H22N5O7P. The molecule has 0 aliphatic carbocycles. The van der Waals surface area contributed by atoms with Gasteiger partial charge in [-0.05, 0) is 5.56 Å². The van der Waals surface area contributed by atoms with Crippen molar-refractivity contribution in [3.8, 4) is 0 Å². The zero-order chi connectivity index (χ0) is 21.6. The molecule has 0 bridgehead atoms. The lowest BCUT2D eigenvalue weighted by Crippen LogP contribution is -2.27. The van der Waals surface area contributed by atoms with E-state index in [1.165, 1.54) is 6.33 Å². The van der Waals surface area contributed by atoms with Crippen molar-refractivity contribution in [1.29, 1.82) is 0 Å². The molecule has 0 saturated heterocycles. The van der Waals surface area contributed by atoms with Crippen molar-refractivity contribution in [3.05, 3.63) is 52.6 Å². The molecule has 0 aliphatic heterocycles. The van der Waals surface area contributed by atoms with E-state index in [0.717, 1.165) is 5.56 Å². The number of anilines is 1. The predicted octanol–water partition coefficient (Wildman–Crippen LogP) is 0.413. The number of phosphoric acid groups is 1. The van der Waals surface area contributed by atoms with Gasteiger partial charge >= 0.3 is 7.82 Å². The zero-order valence-electron chi connectivity index (χ0n) is 15.9. The van der Waals surface area contributed by atoms with Crippen LogP contribution in [0.5, 0.6) is 0 Å². The fourth-order valence-electron chi connectivity index (χ4n) is 2.73. The number of nitrogens with zero attached hydrogens (tertiary/aromatic N) is 3. The van der Waals surface area contributed by atoms with E-state index in [1.54, 1.807) is 4.57 Å². The second-order valence-electron chi connectivity index (χ2n) is 6.34.